The van der Waals surface area contributed by atoms with Gasteiger partial charge in [0.15, 0.2) is 0 Å². The largest absolute Gasteiger partial charge is 0.344 e. The molecule has 4 amide bonds. The van der Waals surface area contributed by atoms with Crippen molar-refractivity contribution >= 4 is 17.8 Å². The Morgan fingerprint density at radius 2 is 1.90 bits per heavy atom. The standard InChI is InChI=1S/C23H30N4O3/c28-20(25-27-21(29)23(24-22(27)30)13-4-1-5-14-23)12-15-26(17-9-10-17)19-11-8-16-6-2-3-7-18(16)19/h2-3,6-7,17,19H,1,4-5,8-15H2,(H,24,30)(H,25,28). The van der Waals surface area contributed by atoms with E-state index < -0.39 is 11.6 Å². The van der Waals surface area contributed by atoms with Crippen molar-refractivity contribution in [3.05, 3.63) is 35.4 Å². The summed E-state index contributed by atoms with van der Waals surface area (Å²) in [4.78, 5) is 40.3. The third-order valence-electron chi connectivity index (χ3n) is 7.22. The molecule has 30 heavy (non-hydrogen) atoms. The quantitative estimate of drug-likeness (QED) is 0.707. The van der Waals surface area contributed by atoms with Crippen LogP contribution in [0.2, 0.25) is 0 Å². The van der Waals surface area contributed by atoms with Gasteiger partial charge in [-0.25, -0.2) is 4.79 Å². The first-order chi connectivity index (χ1) is 14.6. The van der Waals surface area contributed by atoms with Gasteiger partial charge in [0.05, 0.1) is 0 Å². The van der Waals surface area contributed by atoms with Crippen molar-refractivity contribution in [2.24, 2.45) is 0 Å². The lowest BCUT2D eigenvalue weighted by atomic mass is 9.82. The van der Waals surface area contributed by atoms with E-state index in [1.165, 1.54) is 24.0 Å². The number of urea groups is 1. The van der Waals surface area contributed by atoms with Gasteiger partial charge in [0.1, 0.15) is 5.54 Å². The summed E-state index contributed by atoms with van der Waals surface area (Å²) in [7, 11) is 0. The molecule has 3 fully saturated rings. The molecule has 1 aliphatic heterocycles. The molecule has 5 rings (SSSR count). The van der Waals surface area contributed by atoms with Crippen LogP contribution < -0.4 is 10.7 Å². The van der Waals surface area contributed by atoms with E-state index in [1.807, 2.05) is 0 Å². The Balaban J connectivity index is 1.21. The molecule has 1 heterocycles. The van der Waals surface area contributed by atoms with E-state index in [0.717, 1.165) is 37.1 Å². The Labute approximate surface area is 177 Å². The summed E-state index contributed by atoms with van der Waals surface area (Å²) < 4.78 is 0. The highest BCUT2D eigenvalue weighted by molar-refractivity contribution is 6.08. The van der Waals surface area contributed by atoms with E-state index in [4.69, 9.17) is 0 Å². The molecular weight excluding hydrogens is 380 g/mol. The summed E-state index contributed by atoms with van der Waals surface area (Å²) in [6.45, 7) is 0.643. The molecule has 1 unspecified atom stereocenters. The molecule has 1 saturated heterocycles. The fraction of sp³-hybridized carbons (Fsp3) is 0.609. The number of nitrogens with zero attached hydrogens (tertiary/aromatic N) is 2. The minimum Gasteiger partial charge on any atom is -0.322 e. The summed E-state index contributed by atoms with van der Waals surface area (Å²) in [6.07, 6.45) is 9.04. The van der Waals surface area contributed by atoms with Gasteiger partial charge < -0.3 is 5.32 Å². The van der Waals surface area contributed by atoms with Crippen molar-refractivity contribution < 1.29 is 14.4 Å². The highest BCUT2D eigenvalue weighted by Crippen LogP contribution is 2.41. The molecule has 1 atom stereocenters. The first-order valence-electron chi connectivity index (χ1n) is 11.4. The van der Waals surface area contributed by atoms with Gasteiger partial charge in [-0.15, -0.1) is 0 Å². The van der Waals surface area contributed by atoms with Crippen LogP contribution in [0.3, 0.4) is 0 Å². The van der Waals surface area contributed by atoms with Gasteiger partial charge >= 0.3 is 6.03 Å². The summed E-state index contributed by atoms with van der Waals surface area (Å²) in [5.74, 6) is -0.576. The molecular formula is C23H30N4O3. The maximum absolute atomic E-state index is 12.8. The number of carbonyl (C=O) groups excluding carboxylic acids is 3. The molecule has 7 nitrogen and oxygen atoms in total. The molecule has 160 valence electrons. The molecule has 0 radical (unpaired) electrons. The number of hydrazine groups is 1. The molecule has 2 N–H and O–H groups in total. The van der Waals surface area contributed by atoms with Crippen LogP contribution in [0, 0.1) is 0 Å². The van der Waals surface area contributed by atoms with E-state index in [1.54, 1.807) is 0 Å². The Morgan fingerprint density at radius 1 is 1.13 bits per heavy atom. The second-order valence-corrected chi connectivity index (χ2v) is 9.22. The van der Waals surface area contributed by atoms with E-state index in [-0.39, 0.29) is 18.2 Å². The number of fused-ring (bicyclic) bond motifs is 1. The lowest BCUT2D eigenvalue weighted by Crippen LogP contribution is -2.51. The van der Waals surface area contributed by atoms with Gasteiger partial charge in [-0.2, -0.15) is 5.01 Å². The van der Waals surface area contributed by atoms with Gasteiger partial charge in [0.2, 0.25) is 5.91 Å². The van der Waals surface area contributed by atoms with E-state index >= 15 is 0 Å². The lowest BCUT2D eigenvalue weighted by Gasteiger charge is -2.30. The van der Waals surface area contributed by atoms with Crippen LogP contribution in [0.4, 0.5) is 4.79 Å². The molecule has 7 heteroatoms. The SMILES string of the molecule is O=C(CCN(C1CC1)C1CCc2ccccc21)NN1C(=O)NC2(CCCCC2)C1=O. The Morgan fingerprint density at radius 3 is 2.67 bits per heavy atom. The first kappa shape index (κ1) is 19.5. The number of hydrogen-bond donors (Lipinski definition) is 2. The molecule has 4 aliphatic rings. The third-order valence-corrected chi connectivity index (χ3v) is 7.22. The zero-order valence-corrected chi connectivity index (χ0v) is 17.4. The Hall–Kier alpha value is -2.41. The topological polar surface area (TPSA) is 81.8 Å². The van der Waals surface area contributed by atoms with Crippen LogP contribution in [0.25, 0.3) is 0 Å². The summed E-state index contributed by atoms with van der Waals surface area (Å²) in [6, 6.07) is 8.99. The van der Waals surface area contributed by atoms with Crippen molar-refractivity contribution in [2.45, 2.75) is 81.8 Å². The van der Waals surface area contributed by atoms with Crippen LogP contribution in [-0.4, -0.2) is 45.9 Å². The first-order valence-corrected chi connectivity index (χ1v) is 11.4. The van der Waals surface area contributed by atoms with Gasteiger partial charge in [-0.3, -0.25) is 19.9 Å². The number of benzene rings is 1. The number of amides is 4. The van der Waals surface area contributed by atoms with Gasteiger partial charge in [-0.05, 0) is 49.7 Å². The molecule has 2 saturated carbocycles. The van der Waals surface area contributed by atoms with Crippen LogP contribution in [0.5, 0.6) is 0 Å². The summed E-state index contributed by atoms with van der Waals surface area (Å²) >= 11 is 0. The third kappa shape index (κ3) is 3.49. The number of aryl methyl sites for hydroxylation is 1. The van der Waals surface area contributed by atoms with Gasteiger partial charge in [0.25, 0.3) is 5.91 Å². The van der Waals surface area contributed by atoms with E-state index in [2.05, 4.69) is 39.9 Å². The molecule has 1 aromatic rings. The zero-order valence-electron chi connectivity index (χ0n) is 17.4. The Kier molecular flexibility index (Phi) is 5.01. The highest BCUT2D eigenvalue weighted by Gasteiger charge is 2.52. The minimum atomic E-state index is -0.809. The van der Waals surface area contributed by atoms with E-state index in [9.17, 15) is 14.4 Å². The Bertz CT molecular complexity index is 860. The lowest BCUT2D eigenvalue weighted by molar-refractivity contribution is -0.140. The fourth-order valence-corrected chi connectivity index (χ4v) is 5.51. The van der Waals surface area contributed by atoms with Crippen molar-refractivity contribution in [3.8, 4) is 0 Å². The smallest absolute Gasteiger partial charge is 0.322 e. The summed E-state index contributed by atoms with van der Waals surface area (Å²) in [5.41, 5.74) is 4.57. The number of imide groups is 1. The molecule has 0 aromatic heterocycles. The number of rotatable bonds is 6. The second kappa shape index (κ2) is 7.69. The van der Waals surface area contributed by atoms with Crippen molar-refractivity contribution in [3.63, 3.8) is 0 Å². The van der Waals surface area contributed by atoms with Crippen LogP contribution in [-0.2, 0) is 16.0 Å². The predicted octanol–water partition coefficient (Wildman–Crippen LogP) is 2.81. The number of carbonyl (C=O) groups is 3. The van der Waals surface area contributed by atoms with Crippen LogP contribution in [0.15, 0.2) is 24.3 Å². The average Bonchev–Trinajstić information content (AvgIpc) is 3.47. The molecule has 1 spiro atoms. The number of hydrogen-bond acceptors (Lipinski definition) is 4. The van der Waals surface area contributed by atoms with Crippen LogP contribution >= 0.6 is 0 Å². The van der Waals surface area contributed by atoms with Crippen molar-refractivity contribution in [2.75, 3.05) is 6.54 Å². The summed E-state index contributed by atoms with van der Waals surface area (Å²) in [5, 5.41) is 3.75. The molecule has 3 aliphatic carbocycles. The maximum atomic E-state index is 12.8. The van der Waals surface area contributed by atoms with Gasteiger partial charge in [-0.1, -0.05) is 43.5 Å². The average molecular weight is 411 g/mol. The predicted molar refractivity (Wildman–Crippen MR) is 111 cm³/mol. The minimum absolute atomic E-state index is 0.275. The van der Waals surface area contributed by atoms with Gasteiger partial charge in [0, 0.05) is 25.0 Å². The zero-order chi connectivity index (χ0) is 20.7. The maximum Gasteiger partial charge on any atom is 0.344 e. The van der Waals surface area contributed by atoms with Crippen LogP contribution in [0.1, 0.15) is 75.0 Å². The fourth-order valence-electron chi connectivity index (χ4n) is 5.51. The normalized spacial score (nSPS) is 25.0. The highest BCUT2D eigenvalue weighted by atomic mass is 16.2. The van der Waals surface area contributed by atoms with Crippen molar-refractivity contribution in [1.82, 2.24) is 20.7 Å². The number of nitrogens with one attached hydrogen (secondary N) is 2. The second-order valence-electron chi connectivity index (χ2n) is 9.22. The van der Waals surface area contributed by atoms with Crippen molar-refractivity contribution in [1.29, 1.82) is 0 Å². The van der Waals surface area contributed by atoms with E-state index in [0.29, 0.717) is 31.5 Å². The monoisotopic (exact) mass is 410 g/mol. The molecule has 0 bridgehead atoms. The molecule has 1 aromatic carbocycles.